The number of fused-ring (bicyclic) bond motifs is 1. The summed E-state index contributed by atoms with van der Waals surface area (Å²) in [5.41, 5.74) is 2.53. The Kier molecular flexibility index (Phi) is 6.41. The number of nitrogens with zero attached hydrogens (tertiary/aromatic N) is 2. The van der Waals surface area contributed by atoms with Crippen molar-refractivity contribution in [1.82, 2.24) is 4.98 Å². The van der Waals surface area contributed by atoms with Crippen LogP contribution in [0.3, 0.4) is 0 Å². The fourth-order valence-electron chi connectivity index (χ4n) is 3.66. The summed E-state index contributed by atoms with van der Waals surface area (Å²) in [5, 5.41) is 0.633. The summed E-state index contributed by atoms with van der Waals surface area (Å²) in [4.78, 5) is 20.1. The third-order valence-corrected chi connectivity index (χ3v) is 8.37. The van der Waals surface area contributed by atoms with Crippen molar-refractivity contribution in [1.29, 1.82) is 0 Å². The van der Waals surface area contributed by atoms with Crippen molar-refractivity contribution in [3.05, 3.63) is 53.6 Å². The SMILES string of the molecule is CCc1ccc2nc(N(CC3CCCO3)C(=O)c3ccc(S(=O)(=O)CC)cc3)sc2c1. The summed E-state index contributed by atoms with van der Waals surface area (Å²) >= 11 is 1.49. The molecule has 0 spiro atoms. The van der Waals surface area contributed by atoms with E-state index in [0.29, 0.717) is 23.8 Å². The molecule has 4 rings (SSSR count). The minimum Gasteiger partial charge on any atom is -0.376 e. The first-order chi connectivity index (χ1) is 14.9. The second-order valence-electron chi connectivity index (χ2n) is 7.63. The smallest absolute Gasteiger partial charge is 0.260 e. The monoisotopic (exact) mass is 458 g/mol. The van der Waals surface area contributed by atoms with Crippen molar-refractivity contribution < 1.29 is 17.9 Å². The van der Waals surface area contributed by atoms with Gasteiger partial charge in [0.2, 0.25) is 0 Å². The molecule has 1 atom stereocenters. The molecule has 0 bridgehead atoms. The number of thiazole rings is 1. The first-order valence-electron chi connectivity index (χ1n) is 10.6. The van der Waals surface area contributed by atoms with Crippen LogP contribution in [-0.4, -0.2) is 44.3 Å². The molecule has 0 radical (unpaired) electrons. The number of carbonyl (C=O) groups is 1. The highest BCUT2D eigenvalue weighted by molar-refractivity contribution is 7.91. The second kappa shape index (κ2) is 9.06. The number of hydrogen-bond acceptors (Lipinski definition) is 6. The molecule has 164 valence electrons. The van der Waals surface area contributed by atoms with Gasteiger partial charge in [0.1, 0.15) is 0 Å². The number of aryl methyl sites for hydroxylation is 1. The topological polar surface area (TPSA) is 76.6 Å². The molecule has 6 nitrogen and oxygen atoms in total. The van der Waals surface area contributed by atoms with Gasteiger partial charge in [-0.25, -0.2) is 13.4 Å². The predicted octanol–water partition coefficient (Wildman–Crippen LogP) is 4.48. The van der Waals surface area contributed by atoms with Gasteiger partial charge >= 0.3 is 0 Å². The van der Waals surface area contributed by atoms with E-state index < -0.39 is 9.84 Å². The third-order valence-electron chi connectivity index (χ3n) is 5.58. The zero-order valence-electron chi connectivity index (χ0n) is 17.7. The average Bonchev–Trinajstić information content (AvgIpc) is 3.46. The number of hydrogen-bond donors (Lipinski definition) is 0. The standard InChI is InChI=1S/C23H26N2O4S2/c1-3-16-7-12-20-21(14-16)30-23(24-20)25(15-18-6-5-13-29-18)22(26)17-8-10-19(11-9-17)31(27,28)4-2/h7-12,14,18H,3-6,13,15H2,1-2H3. The molecule has 1 amide bonds. The van der Waals surface area contributed by atoms with Crippen molar-refractivity contribution in [3.8, 4) is 0 Å². The van der Waals surface area contributed by atoms with Crippen molar-refractivity contribution in [3.63, 3.8) is 0 Å². The summed E-state index contributed by atoms with van der Waals surface area (Å²) in [7, 11) is -3.31. The number of carbonyl (C=O) groups excluding carboxylic acids is 1. The van der Waals surface area contributed by atoms with Gasteiger partial charge in [-0.05, 0) is 61.2 Å². The molecule has 1 aromatic heterocycles. The fraction of sp³-hybridized carbons (Fsp3) is 0.391. The van der Waals surface area contributed by atoms with Crippen LogP contribution in [0, 0.1) is 0 Å². The van der Waals surface area contributed by atoms with Crippen molar-refractivity contribution in [2.45, 2.75) is 44.1 Å². The van der Waals surface area contributed by atoms with E-state index in [1.165, 1.54) is 29.0 Å². The maximum absolute atomic E-state index is 13.5. The Bertz CT molecular complexity index is 1180. The Labute approximate surface area is 186 Å². The number of benzene rings is 2. The summed E-state index contributed by atoms with van der Waals surface area (Å²) in [6.45, 7) is 4.85. The molecule has 1 aliphatic heterocycles. The minimum absolute atomic E-state index is 0.0247. The number of aromatic nitrogens is 1. The van der Waals surface area contributed by atoms with E-state index in [-0.39, 0.29) is 22.7 Å². The van der Waals surface area contributed by atoms with Gasteiger partial charge in [0, 0.05) is 12.2 Å². The van der Waals surface area contributed by atoms with Gasteiger partial charge in [-0.15, -0.1) is 0 Å². The summed E-state index contributed by atoms with van der Waals surface area (Å²) in [6.07, 6.45) is 2.80. The lowest BCUT2D eigenvalue weighted by molar-refractivity contribution is 0.0917. The molecule has 0 aliphatic carbocycles. The summed E-state index contributed by atoms with van der Waals surface area (Å²) in [6, 6.07) is 12.3. The van der Waals surface area contributed by atoms with Crippen LogP contribution >= 0.6 is 11.3 Å². The third kappa shape index (κ3) is 4.66. The number of ether oxygens (including phenoxy) is 1. The zero-order chi connectivity index (χ0) is 22.0. The Morgan fingerprint density at radius 1 is 1.19 bits per heavy atom. The fourth-order valence-corrected chi connectivity index (χ4v) is 5.58. The largest absolute Gasteiger partial charge is 0.376 e. The highest BCUT2D eigenvalue weighted by atomic mass is 32.2. The zero-order valence-corrected chi connectivity index (χ0v) is 19.3. The van der Waals surface area contributed by atoms with Crippen molar-refractivity contribution >= 4 is 42.4 Å². The van der Waals surface area contributed by atoms with Gasteiger partial charge < -0.3 is 4.74 Å². The van der Waals surface area contributed by atoms with Gasteiger partial charge in [0.25, 0.3) is 5.91 Å². The molecule has 2 aromatic carbocycles. The van der Waals surface area contributed by atoms with Crippen LogP contribution in [-0.2, 0) is 21.0 Å². The van der Waals surface area contributed by atoms with Crippen molar-refractivity contribution in [2.75, 3.05) is 23.8 Å². The highest BCUT2D eigenvalue weighted by Gasteiger charge is 2.27. The molecule has 1 fully saturated rings. The lowest BCUT2D eigenvalue weighted by Gasteiger charge is -2.23. The Balaban J connectivity index is 1.68. The number of rotatable bonds is 7. The second-order valence-corrected chi connectivity index (χ2v) is 10.9. The van der Waals surface area contributed by atoms with Gasteiger partial charge in [0.05, 0.1) is 33.5 Å². The molecule has 1 saturated heterocycles. The molecule has 1 aliphatic rings. The highest BCUT2D eigenvalue weighted by Crippen LogP contribution is 2.32. The van der Waals surface area contributed by atoms with E-state index in [1.807, 2.05) is 6.07 Å². The molecule has 8 heteroatoms. The van der Waals surface area contributed by atoms with Gasteiger partial charge in [-0.1, -0.05) is 31.3 Å². The first kappa shape index (κ1) is 21.9. The normalized spacial score (nSPS) is 16.6. The lowest BCUT2D eigenvalue weighted by atomic mass is 10.1. The molecule has 2 heterocycles. The van der Waals surface area contributed by atoms with Crippen molar-refractivity contribution in [2.24, 2.45) is 0 Å². The van der Waals surface area contributed by atoms with Crippen LogP contribution in [0.2, 0.25) is 0 Å². The Morgan fingerprint density at radius 3 is 2.61 bits per heavy atom. The van der Waals surface area contributed by atoms with Crippen LogP contribution in [0.5, 0.6) is 0 Å². The molecular weight excluding hydrogens is 432 g/mol. The minimum atomic E-state index is -3.31. The lowest BCUT2D eigenvalue weighted by Crippen LogP contribution is -2.37. The van der Waals surface area contributed by atoms with Gasteiger partial charge in [0.15, 0.2) is 15.0 Å². The van der Waals surface area contributed by atoms with E-state index in [0.717, 1.165) is 29.5 Å². The van der Waals surface area contributed by atoms with E-state index in [2.05, 4.69) is 19.1 Å². The average molecular weight is 459 g/mol. The maximum Gasteiger partial charge on any atom is 0.260 e. The molecule has 0 N–H and O–H groups in total. The van der Waals surface area contributed by atoms with Crippen LogP contribution in [0.15, 0.2) is 47.4 Å². The van der Waals surface area contributed by atoms with Crippen LogP contribution in [0.1, 0.15) is 42.6 Å². The molecular formula is C23H26N2O4S2. The predicted molar refractivity (Wildman–Crippen MR) is 124 cm³/mol. The van der Waals surface area contributed by atoms with E-state index in [9.17, 15) is 13.2 Å². The van der Waals surface area contributed by atoms with Crippen LogP contribution in [0.25, 0.3) is 10.2 Å². The maximum atomic E-state index is 13.5. The Hall–Kier alpha value is -2.29. The Morgan fingerprint density at radius 2 is 1.97 bits per heavy atom. The summed E-state index contributed by atoms with van der Waals surface area (Å²) < 4.78 is 31.0. The quantitative estimate of drug-likeness (QED) is 0.522. The number of anilines is 1. The molecule has 31 heavy (non-hydrogen) atoms. The molecule has 3 aromatic rings. The number of sulfone groups is 1. The van der Waals surface area contributed by atoms with Gasteiger partial charge in [-0.3, -0.25) is 9.69 Å². The molecule has 1 unspecified atom stereocenters. The molecule has 0 saturated carbocycles. The number of amides is 1. The van der Waals surface area contributed by atoms with E-state index in [4.69, 9.17) is 9.72 Å². The van der Waals surface area contributed by atoms with Crippen LogP contribution < -0.4 is 4.90 Å². The van der Waals surface area contributed by atoms with E-state index >= 15 is 0 Å². The summed E-state index contributed by atoms with van der Waals surface area (Å²) in [5.74, 6) is -0.178. The first-order valence-corrected chi connectivity index (χ1v) is 13.0. The van der Waals surface area contributed by atoms with E-state index in [1.54, 1.807) is 24.0 Å². The van der Waals surface area contributed by atoms with Crippen LogP contribution in [0.4, 0.5) is 5.13 Å². The van der Waals surface area contributed by atoms with Gasteiger partial charge in [-0.2, -0.15) is 0 Å².